The maximum absolute atomic E-state index is 11.2. The highest BCUT2D eigenvalue weighted by Crippen LogP contribution is 2.20. The van der Waals surface area contributed by atoms with Crippen LogP contribution in [0.3, 0.4) is 0 Å². The van der Waals surface area contributed by atoms with Gasteiger partial charge in [-0.2, -0.15) is 0 Å². The number of nitrogens with one attached hydrogen (secondary N) is 1. The van der Waals surface area contributed by atoms with Crippen LogP contribution >= 0.6 is 0 Å². The Morgan fingerprint density at radius 1 is 1.00 bits per heavy atom. The minimum Gasteiger partial charge on any atom is -0.353 e. The van der Waals surface area contributed by atoms with E-state index in [9.17, 15) is 4.79 Å². The molecule has 118 valence electrons. The second-order valence-corrected chi connectivity index (χ2v) is 5.40. The Hall–Kier alpha value is -2.09. The molecule has 1 N–H and O–H groups in total. The number of rotatable bonds is 4. The zero-order valence-corrected chi connectivity index (χ0v) is 13.5. The molecule has 1 fully saturated rings. The van der Waals surface area contributed by atoms with Crippen LogP contribution in [0, 0.1) is 0 Å². The van der Waals surface area contributed by atoms with Crippen molar-refractivity contribution >= 4 is 5.91 Å². The zero-order valence-electron chi connectivity index (χ0n) is 13.5. The van der Waals surface area contributed by atoms with Crippen LogP contribution < -0.4 is 5.32 Å². The summed E-state index contributed by atoms with van der Waals surface area (Å²) in [4.78, 5) is 11.2. The molecule has 0 radical (unpaired) electrons. The van der Waals surface area contributed by atoms with E-state index in [1.165, 1.54) is 16.7 Å². The molecule has 2 aromatic carbocycles. The standard InChI is InChI=1S/C18H19NO.C2H6.H2/c20-18-13-12-17(19-18)11-8-14-6-9-16(10-7-14)15-4-2-1-3-5-15;1-2;/h1-7,9-10,17H,8,11-13H2,(H,19,20);1-2H3;1H/t17-;;/m1../s1. The lowest BCUT2D eigenvalue weighted by atomic mass is 10.0. The number of benzene rings is 2. The molecule has 22 heavy (non-hydrogen) atoms. The van der Waals surface area contributed by atoms with Crippen LogP contribution in [0.25, 0.3) is 11.1 Å². The van der Waals surface area contributed by atoms with Gasteiger partial charge in [-0.25, -0.2) is 0 Å². The quantitative estimate of drug-likeness (QED) is 0.860. The molecule has 0 aliphatic carbocycles. The van der Waals surface area contributed by atoms with Gasteiger partial charge < -0.3 is 5.32 Å². The molecule has 0 spiro atoms. The minimum absolute atomic E-state index is 0. The van der Waals surface area contributed by atoms with Crippen LogP contribution in [0.15, 0.2) is 54.6 Å². The van der Waals surface area contributed by atoms with E-state index in [0.717, 1.165) is 19.3 Å². The van der Waals surface area contributed by atoms with Crippen molar-refractivity contribution in [2.24, 2.45) is 0 Å². The van der Waals surface area contributed by atoms with Gasteiger partial charge in [0, 0.05) is 13.9 Å². The molecule has 1 saturated heterocycles. The molecule has 1 atom stereocenters. The van der Waals surface area contributed by atoms with Crippen molar-refractivity contribution in [3.8, 4) is 11.1 Å². The van der Waals surface area contributed by atoms with Crippen molar-refractivity contribution in [2.75, 3.05) is 0 Å². The van der Waals surface area contributed by atoms with E-state index in [4.69, 9.17) is 0 Å². The fourth-order valence-electron chi connectivity index (χ4n) is 2.73. The Labute approximate surface area is 135 Å². The van der Waals surface area contributed by atoms with E-state index in [1.807, 2.05) is 19.9 Å². The molecule has 0 saturated carbocycles. The summed E-state index contributed by atoms with van der Waals surface area (Å²) < 4.78 is 0. The Morgan fingerprint density at radius 2 is 1.64 bits per heavy atom. The van der Waals surface area contributed by atoms with Crippen molar-refractivity contribution in [3.05, 3.63) is 60.2 Å². The average Bonchev–Trinajstić information content (AvgIpc) is 3.02. The van der Waals surface area contributed by atoms with Crippen molar-refractivity contribution in [2.45, 2.75) is 45.6 Å². The Morgan fingerprint density at radius 3 is 2.23 bits per heavy atom. The van der Waals surface area contributed by atoms with Crippen LogP contribution in [0.1, 0.15) is 40.1 Å². The highest BCUT2D eigenvalue weighted by Gasteiger charge is 2.19. The molecule has 0 bridgehead atoms. The molecule has 0 aromatic heterocycles. The summed E-state index contributed by atoms with van der Waals surface area (Å²) in [7, 11) is 0. The van der Waals surface area contributed by atoms with Gasteiger partial charge in [-0.15, -0.1) is 0 Å². The van der Waals surface area contributed by atoms with Gasteiger partial charge >= 0.3 is 0 Å². The second-order valence-electron chi connectivity index (χ2n) is 5.40. The van der Waals surface area contributed by atoms with Crippen LogP contribution in [-0.2, 0) is 11.2 Å². The van der Waals surface area contributed by atoms with E-state index in [0.29, 0.717) is 12.5 Å². The number of carbonyl (C=O) groups excluding carboxylic acids is 1. The predicted molar refractivity (Wildman–Crippen MR) is 94.8 cm³/mol. The summed E-state index contributed by atoms with van der Waals surface area (Å²) in [6, 6.07) is 19.5. The van der Waals surface area contributed by atoms with E-state index in [2.05, 4.69) is 53.8 Å². The largest absolute Gasteiger partial charge is 0.353 e. The molecular weight excluding hydrogens is 270 g/mol. The van der Waals surface area contributed by atoms with Crippen molar-refractivity contribution < 1.29 is 6.22 Å². The first kappa shape index (κ1) is 16.3. The van der Waals surface area contributed by atoms with Gasteiger partial charge in [0.2, 0.25) is 5.91 Å². The normalized spacial score (nSPS) is 16.6. The van der Waals surface area contributed by atoms with Crippen molar-refractivity contribution in [3.63, 3.8) is 0 Å². The first-order chi connectivity index (χ1) is 10.8. The molecule has 1 amide bonds. The lowest BCUT2D eigenvalue weighted by Gasteiger charge is -2.10. The molecule has 3 rings (SSSR count). The van der Waals surface area contributed by atoms with Gasteiger partial charge in [-0.05, 0) is 36.0 Å². The van der Waals surface area contributed by atoms with E-state index < -0.39 is 0 Å². The first-order valence-corrected chi connectivity index (χ1v) is 8.25. The third kappa shape index (κ3) is 4.45. The SMILES string of the molecule is CC.O=C1CC[C@@H](CCc2ccc(-c3ccccc3)cc2)N1.[HH]. The van der Waals surface area contributed by atoms with E-state index in [1.54, 1.807) is 0 Å². The fourth-order valence-corrected chi connectivity index (χ4v) is 2.73. The number of amides is 1. The lowest BCUT2D eigenvalue weighted by Crippen LogP contribution is -2.25. The summed E-state index contributed by atoms with van der Waals surface area (Å²) in [6.07, 6.45) is 3.75. The number of carbonyl (C=O) groups is 1. The molecule has 2 aromatic rings. The van der Waals surface area contributed by atoms with Gasteiger partial charge in [-0.3, -0.25) is 4.79 Å². The molecule has 1 heterocycles. The molecule has 1 aliphatic heterocycles. The van der Waals surface area contributed by atoms with Crippen LogP contribution in [0.2, 0.25) is 0 Å². The van der Waals surface area contributed by atoms with Crippen LogP contribution in [0.4, 0.5) is 0 Å². The number of hydrogen-bond acceptors (Lipinski definition) is 1. The van der Waals surface area contributed by atoms with E-state index >= 15 is 0 Å². The summed E-state index contributed by atoms with van der Waals surface area (Å²) in [6.45, 7) is 4.00. The van der Waals surface area contributed by atoms with E-state index in [-0.39, 0.29) is 7.33 Å². The van der Waals surface area contributed by atoms with Gasteiger partial charge in [0.1, 0.15) is 0 Å². The highest BCUT2D eigenvalue weighted by atomic mass is 16.1. The first-order valence-electron chi connectivity index (χ1n) is 8.25. The summed E-state index contributed by atoms with van der Waals surface area (Å²) in [5, 5.41) is 3.02. The Balaban J connectivity index is 0.000000849. The van der Waals surface area contributed by atoms with Crippen LogP contribution in [0.5, 0.6) is 0 Å². The zero-order chi connectivity index (χ0) is 15.8. The van der Waals surface area contributed by atoms with Crippen molar-refractivity contribution in [1.29, 1.82) is 0 Å². The summed E-state index contributed by atoms with van der Waals surface area (Å²) in [5.74, 6) is 0.203. The Kier molecular flexibility index (Phi) is 6.20. The minimum atomic E-state index is 0. The molecular formula is C20H27NO. The van der Waals surface area contributed by atoms with Gasteiger partial charge in [-0.1, -0.05) is 68.4 Å². The smallest absolute Gasteiger partial charge is 0.220 e. The van der Waals surface area contributed by atoms with Gasteiger partial charge in [0.25, 0.3) is 0 Å². The molecule has 1 aliphatic rings. The topological polar surface area (TPSA) is 29.1 Å². The average molecular weight is 297 g/mol. The van der Waals surface area contributed by atoms with Gasteiger partial charge in [0.15, 0.2) is 0 Å². The monoisotopic (exact) mass is 297 g/mol. The Bertz CT molecular complexity index is 580. The number of aryl methyl sites for hydroxylation is 1. The van der Waals surface area contributed by atoms with Crippen molar-refractivity contribution in [1.82, 2.24) is 5.32 Å². The number of hydrogen-bond donors (Lipinski definition) is 1. The summed E-state index contributed by atoms with van der Waals surface area (Å²) in [5.41, 5.74) is 3.84. The van der Waals surface area contributed by atoms with Gasteiger partial charge in [0.05, 0.1) is 0 Å². The molecule has 0 unspecified atom stereocenters. The maximum atomic E-state index is 11.2. The fraction of sp³-hybridized carbons (Fsp3) is 0.350. The third-order valence-electron chi connectivity index (χ3n) is 3.93. The second kappa shape index (κ2) is 8.38. The van der Waals surface area contributed by atoms with Crippen LogP contribution in [-0.4, -0.2) is 11.9 Å². The molecule has 2 heteroatoms. The lowest BCUT2D eigenvalue weighted by molar-refractivity contribution is -0.119. The summed E-state index contributed by atoms with van der Waals surface area (Å²) >= 11 is 0. The maximum Gasteiger partial charge on any atom is 0.220 e. The third-order valence-corrected chi connectivity index (χ3v) is 3.93. The molecule has 2 nitrogen and oxygen atoms in total. The highest BCUT2D eigenvalue weighted by molar-refractivity contribution is 5.78. The predicted octanol–water partition coefficient (Wildman–Crippen LogP) is 4.84.